The Kier molecular flexibility index (Phi) is 5.36. The average Bonchev–Trinajstić information content (AvgIpc) is 2.85. The van der Waals surface area contributed by atoms with E-state index in [0.717, 1.165) is 27.6 Å². The summed E-state index contributed by atoms with van der Waals surface area (Å²) in [5.41, 5.74) is 2.30. The van der Waals surface area contributed by atoms with Crippen LogP contribution in [0, 0.1) is 0 Å². The highest BCUT2D eigenvalue weighted by Crippen LogP contribution is 2.29. The van der Waals surface area contributed by atoms with Crippen LogP contribution in [-0.4, -0.2) is 11.5 Å². The van der Waals surface area contributed by atoms with Crippen LogP contribution in [0.1, 0.15) is 30.6 Å². The fourth-order valence-corrected chi connectivity index (χ4v) is 3.64. The molecule has 0 spiro atoms. The van der Waals surface area contributed by atoms with E-state index in [1.54, 1.807) is 11.3 Å². The molecule has 0 aliphatic heterocycles. The molecule has 0 bridgehead atoms. The van der Waals surface area contributed by atoms with Gasteiger partial charge in [-0.1, -0.05) is 6.92 Å². The van der Waals surface area contributed by atoms with Crippen molar-refractivity contribution in [2.75, 3.05) is 6.54 Å². The molecule has 18 heavy (non-hydrogen) atoms. The van der Waals surface area contributed by atoms with Gasteiger partial charge in [-0.25, -0.2) is 0 Å². The summed E-state index contributed by atoms with van der Waals surface area (Å²) >= 11 is 8.74. The van der Waals surface area contributed by atoms with E-state index in [2.05, 4.69) is 65.9 Å². The molecule has 0 amide bonds. The Bertz CT molecular complexity index is 500. The van der Waals surface area contributed by atoms with Crippen molar-refractivity contribution in [3.8, 4) is 0 Å². The van der Waals surface area contributed by atoms with E-state index >= 15 is 0 Å². The van der Waals surface area contributed by atoms with E-state index in [1.165, 1.54) is 5.56 Å². The standard InChI is InChI=1S/C13H14Br2N2S/c1-2-4-16-12(9-3-5-18-8-9)13-11(15)6-10(14)7-17-13/h3,5-8,12,16H,2,4H2,1H3. The van der Waals surface area contributed by atoms with Crippen LogP contribution in [0.15, 0.2) is 38.0 Å². The Balaban J connectivity index is 2.33. The maximum absolute atomic E-state index is 4.54. The number of pyridine rings is 1. The molecule has 1 atom stereocenters. The lowest BCUT2D eigenvalue weighted by Crippen LogP contribution is -2.24. The van der Waals surface area contributed by atoms with E-state index in [0.29, 0.717) is 0 Å². The zero-order valence-corrected chi connectivity index (χ0v) is 14.0. The predicted molar refractivity (Wildman–Crippen MR) is 84.1 cm³/mol. The summed E-state index contributed by atoms with van der Waals surface area (Å²) in [6.07, 6.45) is 2.95. The van der Waals surface area contributed by atoms with Gasteiger partial charge in [-0.05, 0) is 73.3 Å². The molecule has 5 heteroatoms. The molecule has 1 unspecified atom stereocenters. The van der Waals surface area contributed by atoms with Gasteiger partial charge < -0.3 is 5.32 Å². The number of rotatable bonds is 5. The highest BCUT2D eigenvalue weighted by atomic mass is 79.9. The van der Waals surface area contributed by atoms with Crippen LogP contribution in [0.2, 0.25) is 0 Å². The highest BCUT2D eigenvalue weighted by molar-refractivity contribution is 9.11. The van der Waals surface area contributed by atoms with Crippen LogP contribution >= 0.6 is 43.2 Å². The van der Waals surface area contributed by atoms with Crippen LogP contribution in [-0.2, 0) is 0 Å². The predicted octanol–water partition coefficient (Wildman–Crippen LogP) is 4.76. The van der Waals surface area contributed by atoms with Crippen molar-refractivity contribution in [1.29, 1.82) is 0 Å². The van der Waals surface area contributed by atoms with Crippen molar-refractivity contribution in [3.05, 3.63) is 49.3 Å². The van der Waals surface area contributed by atoms with Crippen LogP contribution in [0.5, 0.6) is 0 Å². The lowest BCUT2D eigenvalue weighted by atomic mass is 10.1. The molecule has 1 N–H and O–H groups in total. The van der Waals surface area contributed by atoms with Gasteiger partial charge in [0.25, 0.3) is 0 Å². The summed E-state index contributed by atoms with van der Waals surface area (Å²) in [5.74, 6) is 0. The first-order valence-electron chi connectivity index (χ1n) is 5.78. The number of halogens is 2. The number of hydrogen-bond donors (Lipinski definition) is 1. The third-order valence-electron chi connectivity index (χ3n) is 2.58. The first kappa shape index (κ1) is 14.2. The molecule has 0 saturated carbocycles. The molecule has 2 aromatic rings. The smallest absolute Gasteiger partial charge is 0.0771 e. The summed E-state index contributed by atoms with van der Waals surface area (Å²) in [4.78, 5) is 4.54. The molecule has 0 aromatic carbocycles. The summed E-state index contributed by atoms with van der Waals surface area (Å²) < 4.78 is 2.01. The molecule has 0 aliphatic carbocycles. The van der Waals surface area contributed by atoms with Gasteiger partial charge in [0.05, 0.1) is 11.7 Å². The van der Waals surface area contributed by atoms with Crippen LogP contribution in [0.3, 0.4) is 0 Å². The molecule has 0 saturated heterocycles. The second kappa shape index (κ2) is 6.80. The Morgan fingerprint density at radius 2 is 2.28 bits per heavy atom. The lowest BCUT2D eigenvalue weighted by Gasteiger charge is -2.18. The third-order valence-corrected chi connectivity index (χ3v) is 4.35. The van der Waals surface area contributed by atoms with E-state index in [-0.39, 0.29) is 6.04 Å². The van der Waals surface area contributed by atoms with E-state index in [4.69, 9.17) is 0 Å². The Morgan fingerprint density at radius 1 is 1.44 bits per heavy atom. The van der Waals surface area contributed by atoms with Gasteiger partial charge >= 0.3 is 0 Å². The molecule has 96 valence electrons. The van der Waals surface area contributed by atoms with Crippen LogP contribution < -0.4 is 5.32 Å². The van der Waals surface area contributed by atoms with Gasteiger partial charge in [-0.15, -0.1) is 0 Å². The first-order chi connectivity index (χ1) is 8.72. The maximum Gasteiger partial charge on any atom is 0.0771 e. The van der Waals surface area contributed by atoms with Gasteiger partial charge in [0.1, 0.15) is 0 Å². The lowest BCUT2D eigenvalue weighted by molar-refractivity contribution is 0.585. The quantitative estimate of drug-likeness (QED) is 0.797. The molecular formula is C13H14Br2N2S. The number of thiophene rings is 1. The minimum atomic E-state index is 0.152. The monoisotopic (exact) mass is 388 g/mol. The molecule has 0 aliphatic rings. The summed E-state index contributed by atoms with van der Waals surface area (Å²) in [6, 6.07) is 4.34. The Morgan fingerprint density at radius 3 is 2.89 bits per heavy atom. The Labute approximate surface area is 128 Å². The fraction of sp³-hybridized carbons (Fsp3) is 0.308. The van der Waals surface area contributed by atoms with Crippen molar-refractivity contribution in [1.82, 2.24) is 10.3 Å². The zero-order chi connectivity index (χ0) is 13.0. The number of nitrogens with zero attached hydrogens (tertiary/aromatic N) is 1. The van der Waals surface area contributed by atoms with Crippen molar-refractivity contribution < 1.29 is 0 Å². The minimum Gasteiger partial charge on any atom is -0.305 e. The molecule has 2 heterocycles. The van der Waals surface area contributed by atoms with Gasteiger partial charge in [-0.3, -0.25) is 4.98 Å². The van der Waals surface area contributed by atoms with Gasteiger partial charge in [0.15, 0.2) is 0 Å². The number of hydrogen-bond acceptors (Lipinski definition) is 3. The molecule has 0 fully saturated rings. The SMILES string of the molecule is CCCNC(c1ccsc1)c1ncc(Br)cc1Br. The molecule has 0 radical (unpaired) electrons. The van der Waals surface area contributed by atoms with Gasteiger partial charge in [0.2, 0.25) is 0 Å². The van der Waals surface area contributed by atoms with E-state index in [9.17, 15) is 0 Å². The summed E-state index contributed by atoms with van der Waals surface area (Å²) in [6.45, 7) is 3.15. The highest BCUT2D eigenvalue weighted by Gasteiger charge is 2.18. The average molecular weight is 390 g/mol. The normalized spacial score (nSPS) is 12.6. The third kappa shape index (κ3) is 3.41. The molecular weight excluding hydrogens is 376 g/mol. The molecule has 2 rings (SSSR count). The van der Waals surface area contributed by atoms with Crippen LogP contribution in [0.4, 0.5) is 0 Å². The first-order valence-corrected chi connectivity index (χ1v) is 8.31. The second-order valence-electron chi connectivity index (χ2n) is 3.96. The topological polar surface area (TPSA) is 24.9 Å². The van der Waals surface area contributed by atoms with Gasteiger partial charge in [-0.2, -0.15) is 11.3 Å². The zero-order valence-electron chi connectivity index (χ0n) is 9.99. The van der Waals surface area contributed by atoms with Gasteiger partial charge in [0, 0.05) is 15.1 Å². The van der Waals surface area contributed by atoms with Crippen molar-refractivity contribution in [2.45, 2.75) is 19.4 Å². The second-order valence-corrected chi connectivity index (χ2v) is 6.51. The van der Waals surface area contributed by atoms with E-state index in [1.807, 2.05) is 12.3 Å². The number of nitrogens with one attached hydrogen (secondary N) is 1. The maximum atomic E-state index is 4.54. The van der Waals surface area contributed by atoms with E-state index < -0.39 is 0 Å². The Hall–Kier alpha value is -0.230. The van der Waals surface area contributed by atoms with Crippen molar-refractivity contribution in [3.63, 3.8) is 0 Å². The van der Waals surface area contributed by atoms with Crippen molar-refractivity contribution >= 4 is 43.2 Å². The molecule has 2 aromatic heterocycles. The van der Waals surface area contributed by atoms with Crippen molar-refractivity contribution in [2.24, 2.45) is 0 Å². The number of aromatic nitrogens is 1. The fourth-order valence-electron chi connectivity index (χ4n) is 1.74. The van der Waals surface area contributed by atoms with Crippen LogP contribution in [0.25, 0.3) is 0 Å². The summed E-state index contributed by atoms with van der Waals surface area (Å²) in [7, 11) is 0. The largest absolute Gasteiger partial charge is 0.305 e. The minimum absolute atomic E-state index is 0.152. The summed E-state index contributed by atoms with van der Waals surface area (Å²) in [5, 5.41) is 7.82. The molecule has 2 nitrogen and oxygen atoms in total.